The van der Waals surface area contributed by atoms with Crippen LogP contribution in [-0.4, -0.2) is 30.8 Å². The Morgan fingerprint density at radius 2 is 1.72 bits per heavy atom. The van der Waals surface area contributed by atoms with Crippen molar-refractivity contribution in [1.29, 1.82) is 0 Å². The number of carbonyl (C=O) groups is 2. The molecule has 3 aromatic carbocycles. The van der Waals surface area contributed by atoms with Crippen molar-refractivity contribution in [2.24, 2.45) is 5.10 Å². The van der Waals surface area contributed by atoms with Gasteiger partial charge in [0, 0.05) is 5.56 Å². The minimum atomic E-state index is -0.415. The molecule has 3 rings (SSSR count). The average Bonchev–Trinajstić information content (AvgIpc) is 2.72. The van der Waals surface area contributed by atoms with Gasteiger partial charge in [-0.05, 0) is 66.6 Å². The molecule has 0 spiro atoms. The molecule has 0 fully saturated rings. The zero-order valence-corrected chi connectivity index (χ0v) is 16.3. The Hall–Kier alpha value is -3.67. The van der Waals surface area contributed by atoms with Gasteiger partial charge < -0.3 is 9.47 Å². The van der Waals surface area contributed by atoms with E-state index in [0.717, 1.165) is 16.3 Å². The van der Waals surface area contributed by atoms with E-state index >= 15 is 0 Å². The predicted molar refractivity (Wildman–Crippen MR) is 112 cm³/mol. The van der Waals surface area contributed by atoms with Crippen molar-refractivity contribution in [2.75, 3.05) is 6.61 Å². The Balaban J connectivity index is 1.53. The van der Waals surface area contributed by atoms with Crippen LogP contribution in [0.25, 0.3) is 10.8 Å². The summed E-state index contributed by atoms with van der Waals surface area (Å²) < 4.78 is 10.4. The highest BCUT2D eigenvalue weighted by Crippen LogP contribution is 2.15. The number of rotatable bonds is 7. The number of nitrogens with zero attached hydrogens (tertiary/aromatic N) is 1. The summed E-state index contributed by atoms with van der Waals surface area (Å²) >= 11 is 0. The van der Waals surface area contributed by atoms with E-state index in [9.17, 15) is 9.59 Å². The van der Waals surface area contributed by atoms with Gasteiger partial charge in [-0.1, -0.05) is 30.3 Å². The third-order valence-electron chi connectivity index (χ3n) is 4.00. The topological polar surface area (TPSA) is 77.0 Å². The van der Waals surface area contributed by atoms with E-state index in [4.69, 9.17) is 9.47 Å². The van der Waals surface area contributed by atoms with E-state index in [1.807, 2.05) is 36.4 Å². The summed E-state index contributed by atoms with van der Waals surface area (Å²) in [4.78, 5) is 23.7. The molecule has 0 heterocycles. The first kappa shape index (κ1) is 20.1. The molecule has 0 radical (unpaired) electrons. The first-order valence-electron chi connectivity index (χ1n) is 9.26. The van der Waals surface area contributed by atoms with Gasteiger partial charge in [-0.25, -0.2) is 10.2 Å². The Morgan fingerprint density at radius 3 is 2.45 bits per heavy atom. The van der Waals surface area contributed by atoms with Crippen LogP contribution in [0.2, 0.25) is 0 Å². The Kier molecular flexibility index (Phi) is 6.58. The van der Waals surface area contributed by atoms with Gasteiger partial charge in [-0.2, -0.15) is 5.10 Å². The lowest BCUT2D eigenvalue weighted by atomic mass is 10.1. The summed E-state index contributed by atoms with van der Waals surface area (Å²) in [6, 6.07) is 20.3. The molecule has 1 amide bonds. The molecule has 148 valence electrons. The quantitative estimate of drug-likeness (QED) is 0.377. The van der Waals surface area contributed by atoms with Gasteiger partial charge >= 0.3 is 5.97 Å². The van der Waals surface area contributed by atoms with Crippen molar-refractivity contribution in [2.45, 2.75) is 20.0 Å². The van der Waals surface area contributed by atoms with E-state index < -0.39 is 5.97 Å². The molecule has 0 saturated heterocycles. The Bertz CT molecular complexity index is 1030. The predicted octanol–water partition coefficient (Wildman–Crippen LogP) is 3.93. The molecule has 29 heavy (non-hydrogen) atoms. The van der Waals surface area contributed by atoms with Crippen LogP contribution in [0.3, 0.4) is 0 Å². The average molecular weight is 390 g/mol. The van der Waals surface area contributed by atoms with Crippen LogP contribution < -0.4 is 10.2 Å². The third-order valence-corrected chi connectivity index (χ3v) is 4.00. The second-order valence-electron chi connectivity index (χ2n) is 6.66. The van der Waals surface area contributed by atoms with Crippen molar-refractivity contribution in [1.82, 2.24) is 5.43 Å². The number of hydrogen-bond donors (Lipinski definition) is 1. The number of nitrogens with one attached hydrogen (secondary N) is 1. The molecular weight excluding hydrogens is 368 g/mol. The summed E-state index contributed by atoms with van der Waals surface area (Å²) in [6.45, 7) is 3.42. The number of carbonyl (C=O) groups excluding carboxylic acids is 2. The van der Waals surface area contributed by atoms with Crippen molar-refractivity contribution < 1.29 is 19.1 Å². The molecule has 6 nitrogen and oxygen atoms in total. The number of ether oxygens (including phenoxy) is 2. The van der Waals surface area contributed by atoms with E-state index in [-0.39, 0.29) is 18.6 Å². The van der Waals surface area contributed by atoms with Gasteiger partial charge in [0.05, 0.1) is 12.3 Å². The first-order valence-corrected chi connectivity index (χ1v) is 9.26. The number of esters is 1. The van der Waals surface area contributed by atoms with E-state index in [0.29, 0.717) is 11.3 Å². The van der Waals surface area contributed by atoms with Crippen LogP contribution in [0.1, 0.15) is 29.8 Å². The molecule has 1 N–H and O–H groups in total. The lowest BCUT2D eigenvalue weighted by Gasteiger charge is -2.09. The highest BCUT2D eigenvalue weighted by Gasteiger charge is 2.07. The fraction of sp³-hybridized carbons (Fsp3) is 0.174. The molecule has 0 aliphatic rings. The smallest absolute Gasteiger partial charge is 0.344 e. The summed E-state index contributed by atoms with van der Waals surface area (Å²) in [5.41, 5.74) is 3.84. The van der Waals surface area contributed by atoms with Crippen molar-refractivity contribution in [3.8, 4) is 5.75 Å². The molecule has 0 unspecified atom stereocenters. The summed E-state index contributed by atoms with van der Waals surface area (Å²) in [6.07, 6.45) is 1.37. The SMILES string of the molecule is CC(C)OC(=O)COc1ccc(/C=N/NC(=O)c2ccc3ccccc3c2)cc1. The summed E-state index contributed by atoms with van der Waals surface area (Å²) in [5, 5.41) is 6.07. The van der Waals surface area contributed by atoms with Gasteiger partial charge in [0.2, 0.25) is 0 Å². The van der Waals surface area contributed by atoms with E-state index in [2.05, 4.69) is 10.5 Å². The van der Waals surface area contributed by atoms with Crippen LogP contribution in [0.15, 0.2) is 71.8 Å². The van der Waals surface area contributed by atoms with Gasteiger partial charge in [0.1, 0.15) is 5.75 Å². The highest BCUT2D eigenvalue weighted by molar-refractivity contribution is 5.98. The van der Waals surface area contributed by atoms with Crippen LogP contribution in [0.5, 0.6) is 5.75 Å². The molecule has 6 heteroatoms. The molecule has 0 bridgehead atoms. The maximum atomic E-state index is 12.3. The minimum absolute atomic E-state index is 0.145. The third kappa shape index (κ3) is 5.90. The Labute approximate surface area is 169 Å². The first-order chi connectivity index (χ1) is 14.0. The lowest BCUT2D eigenvalue weighted by molar-refractivity contribution is -0.149. The normalized spacial score (nSPS) is 11.0. The largest absolute Gasteiger partial charge is 0.482 e. The van der Waals surface area contributed by atoms with Crippen LogP contribution in [-0.2, 0) is 9.53 Å². The van der Waals surface area contributed by atoms with Gasteiger partial charge in [0.15, 0.2) is 6.61 Å². The molecule has 3 aromatic rings. The fourth-order valence-electron chi connectivity index (χ4n) is 2.65. The van der Waals surface area contributed by atoms with Crippen molar-refractivity contribution >= 4 is 28.9 Å². The molecule has 0 saturated carbocycles. The number of hydrogen-bond acceptors (Lipinski definition) is 5. The number of amides is 1. The number of fused-ring (bicyclic) bond motifs is 1. The second kappa shape index (κ2) is 9.50. The summed E-state index contributed by atoms with van der Waals surface area (Å²) in [5.74, 6) is -0.152. The summed E-state index contributed by atoms with van der Waals surface area (Å²) in [7, 11) is 0. The Morgan fingerprint density at radius 1 is 1.00 bits per heavy atom. The van der Waals surface area contributed by atoms with Crippen LogP contribution >= 0.6 is 0 Å². The van der Waals surface area contributed by atoms with Crippen molar-refractivity contribution in [3.05, 3.63) is 77.9 Å². The second-order valence-corrected chi connectivity index (χ2v) is 6.66. The number of hydrazone groups is 1. The molecule has 0 aliphatic heterocycles. The van der Waals surface area contributed by atoms with E-state index in [1.165, 1.54) is 6.21 Å². The molecule has 0 aliphatic carbocycles. The zero-order valence-electron chi connectivity index (χ0n) is 16.3. The maximum absolute atomic E-state index is 12.3. The maximum Gasteiger partial charge on any atom is 0.344 e. The monoisotopic (exact) mass is 390 g/mol. The zero-order chi connectivity index (χ0) is 20.6. The van der Waals surface area contributed by atoms with E-state index in [1.54, 1.807) is 44.2 Å². The fourth-order valence-corrected chi connectivity index (χ4v) is 2.65. The standard InChI is InChI=1S/C23H22N2O4/c1-16(2)29-22(26)15-28-21-11-7-17(8-12-21)14-24-25-23(27)20-10-9-18-5-3-4-6-19(18)13-20/h3-14,16H,15H2,1-2H3,(H,25,27)/b24-14+. The minimum Gasteiger partial charge on any atom is -0.482 e. The molecular formula is C23H22N2O4. The van der Waals surface area contributed by atoms with Gasteiger partial charge in [0.25, 0.3) is 5.91 Å². The molecule has 0 atom stereocenters. The highest BCUT2D eigenvalue weighted by atomic mass is 16.6. The van der Waals surface area contributed by atoms with Gasteiger partial charge in [-0.15, -0.1) is 0 Å². The van der Waals surface area contributed by atoms with Crippen LogP contribution in [0.4, 0.5) is 0 Å². The number of benzene rings is 3. The lowest BCUT2D eigenvalue weighted by Crippen LogP contribution is -2.18. The molecule has 0 aromatic heterocycles. The van der Waals surface area contributed by atoms with Crippen LogP contribution in [0, 0.1) is 0 Å². The van der Waals surface area contributed by atoms with Crippen molar-refractivity contribution in [3.63, 3.8) is 0 Å². The van der Waals surface area contributed by atoms with Gasteiger partial charge in [-0.3, -0.25) is 4.79 Å².